The molecule has 2 aromatic rings. The van der Waals surface area contributed by atoms with Crippen LogP contribution in [0.25, 0.3) is 6.08 Å². The maximum Gasteiger partial charge on any atom is 0.283 e. The van der Waals surface area contributed by atoms with Crippen LogP contribution in [0.4, 0.5) is 5.69 Å². The Morgan fingerprint density at radius 3 is 2.28 bits per heavy atom. The molecule has 0 aromatic heterocycles. The summed E-state index contributed by atoms with van der Waals surface area (Å²) in [4.78, 5) is 19.3. The number of nitrogens with zero attached hydrogens (tertiary/aromatic N) is 2. The monoisotopic (exact) mass is 410 g/mol. The van der Waals surface area contributed by atoms with Crippen molar-refractivity contribution < 1.29 is 14.3 Å². The minimum absolute atomic E-state index is 0.122. The lowest BCUT2D eigenvalue weighted by Crippen LogP contribution is -2.30. The van der Waals surface area contributed by atoms with E-state index >= 15 is 0 Å². The van der Waals surface area contributed by atoms with Gasteiger partial charge in [0.05, 0.1) is 18.4 Å². The van der Waals surface area contributed by atoms with Crippen molar-refractivity contribution in [3.05, 3.63) is 59.8 Å². The third kappa shape index (κ3) is 5.21. The van der Waals surface area contributed by atoms with Crippen LogP contribution in [0.1, 0.15) is 33.3 Å². The minimum atomic E-state index is -0.132. The summed E-state index contributed by atoms with van der Waals surface area (Å²) in [6, 6.07) is 15.2. The minimum Gasteiger partial charge on any atom is -0.494 e. The number of amidine groups is 1. The van der Waals surface area contributed by atoms with E-state index in [1.165, 1.54) is 0 Å². The normalized spacial score (nSPS) is 15.2. The molecule has 0 unspecified atom stereocenters. The number of aliphatic imine (C=N–C) groups is 1. The summed E-state index contributed by atoms with van der Waals surface area (Å²) >= 11 is 1.55. The summed E-state index contributed by atoms with van der Waals surface area (Å²) in [5, 5.41) is 0.688. The van der Waals surface area contributed by atoms with Gasteiger partial charge in [0.2, 0.25) is 0 Å². The maximum atomic E-state index is 13.1. The Hall–Kier alpha value is -2.73. The molecule has 5 nitrogen and oxygen atoms in total. The number of thioether (sulfide) groups is 1. The molecule has 1 aliphatic rings. The number of carbonyl (C=O) groups excluding carboxylic acids is 1. The van der Waals surface area contributed by atoms with Crippen LogP contribution in [0.3, 0.4) is 0 Å². The van der Waals surface area contributed by atoms with E-state index in [0.29, 0.717) is 17.5 Å². The van der Waals surface area contributed by atoms with Crippen molar-refractivity contribution in [2.45, 2.75) is 33.8 Å². The Bertz CT molecular complexity index is 903. The molecule has 0 atom stereocenters. The molecule has 0 radical (unpaired) electrons. The van der Waals surface area contributed by atoms with E-state index < -0.39 is 0 Å². The quantitative estimate of drug-likeness (QED) is 0.576. The summed E-state index contributed by atoms with van der Waals surface area (Å²) in [7, 11) is 0. The first-order valence-electron chi connectivity index (χ1n) is 9.79. The second kappa shape index (κ2) is 9.65. The number of carbonyl (C=O) groups is 1. The smallest absolute Gasteiger partial charge is 0.283 e. The lowest BCUT2D eigenvalue weighted by molar-refractivity contribution is -0.113. The van der Waals surface area contributed by atoms with Crippen LogP contribution in [0.2, 0.25) is 0 Å². The molecule has 0 saturated carbocycles. The molecule has 0 N–H and O–H groups in total. The van der Waals surface area contributed by atoms with Gasteiger partial charge in [0.15, 0.2) is 5.17 Å². The highest BCUT2D eigenvalue weighted by molar-refractivity contribution is 8.14. The summed E-state index contributed by atoms with van der Waals surface area (Å²) in [5.41, 5.74) is 2.11. The van der Waals surface area contributed by atoms with E-state index in [4.69, 9.17) is 9.47 Å². The van der Waals surface area contributed by atoms with Crippen molar-refractivity contribution in [1.82, 2.24) is 0 Å². The highest BCUT2D eigenvalue weighted by Gasteiger charge is 2.31. The molecule has 0 fully saturated rings. The molecule has 2 aromatic carbocycles. The highest BCUT2D eigenvalue weighted by Crippen LogP contribution is 2.30. The van der Waals surface area contributed by atoms with E-state index in [2.05, 4.69) is 4.99 Å². The fourth-order valence-corrected chi connectivity index (χ4v) is 3.62. The average Bonchev–Trinajstić information content (AvgIpc) is 2.99. The van der Waals surface area contributed by atoms with E-state index in [0.717, 1.165) is 28.5 Å². The van der Waals surface area contributed by atoms with Gasteiger partial charge >= 0.3 is 0 Å². The number of anilines is 1. The van der Waals surface area contributed by atoms with Gasteiger partial charge in [0.1, 0.15) is 17.2 Å². The Morgan fingerprint density at radius 1 is 1.03 bits per heavy atom. The van der Waals surface area contributed by atoms with Gasteiger partial charge in [-0.1, -0.05) is 30.8 Å². The molecule has 0 bridgehead atoms. The molecule has 1 heterocycles. The van der Waals surface area contributed by atoms with E-state index in [-0.39, 0.29) is 12.0 Å². The molecular weight excluding hydrogens is 384 g/mol. The van der Waals surface area contributed by atoms with Gasteiger partial charge in [-0.05, 0) is 74.6 Å². The Labute approximate surface area is 176 Å². The lowest BCUT2D eigenvalue weighted by atomic mass is 10.2. The van der Waals surface area contributed by atoms with Gasteiger partial charge in [-0.25, -0.2) is 4.99 Å². The van der Waals surface area contributed by atoms with Gasteiger partial charge in [0, 0.05) is 0 Å². The zero-order valence-electron chi connectivity index (χ0n) is 17.2. The van der Waals surface area contributed by atoms with Gasteiger partial charge in [0.25, 0.3) is 5.91 Å². The Balaban J connectivity index is 1.85. The molecule has 29 heavy (non-hydrogen) atoms. The average molecular weight is 411 g/mol. The fraction of sp³-hybridized carbons (Fsp3) is 0.304. The fourth-order valence-electron chi connectivity index (χ4n) is 2.88. The predicted molar refractivity (Wildman–Crippen MR) is 121 cm³/mol. The first kappa shape index (κ1) is 21.0. The summed E-state index contributed by atoms with van der Waals surface area (Å²) < 4.78 is 11.2. The van der Waals surface area contributed by atoms with Crippen LogP contribution in [-0.2, 0) is 4.79 Å². The Kier molecular flexibility index (Phi) is 6.99. The number of hydrogen-bond donors (Lipinski definition) is 0. The molecule has 1 amide bonds. The van der Waals surface area contributed by atoms with Crippen molar-refractivity contribution in [3.8, 4) is 11.5 Å². The molecule has 3 rings (SSSR count). The van der Waals surface area contributed by atoms with Crippen molar-refractivity contribution in [3.63, 3.8) is 0 Å². The van der Waals surface area contributed by atoms with E-state index in [9.17, 15) is 4.79 Å². The van der Waals surface area contributed by atoms with E-state index in [1.807, 2.05) is 82.3 Å². The van der Waals surface area contributed by atoms with Gasteiger partial charge in [-0.2, -0.15) is 0 Å². The summed E-state index contributed by atoms with van der Waals surface area (Å²) in [5.74, 6) is 2.28. The molecule has 0 saturated heterocycles. The Morgan fingerprint density at radius 2 is 1.69 bits per heavy atom. The molecule has 152 valence electrons. The number of benzene rings is 2. The number of hydrogen-bond acceptors (Lipinski definition) is 5. The first-order chi connectivity index (χ1) is 14.0. The van der Waals surface area contributed by atoms with Crippen molar-refractivity contribution in [2.75, 3.05) is 17.3 Å². The van der Waals surface area contributed by atoms with Gasteiger partial charge < -0.3 is 9.47 Å². The largest absolute Gasteiger partial charge is 0.494 e. The zero-order valence-corrected chi connectivity index (χ0v) is 18.0. The van der Waals surface area contributed by atoms with E-state index in [1.54, 1.807) is 16.7 Å². The number of ether oxygens (including phenoxy) is 2. The third-order valence-electron chi connectivity index (χ3n) is 4.06. The third-order valence-corrected chi connectivity index (χ3v) is 4.88. The van der Waals surface area contributed by atoms with Crippen molar-refractivity contribution in [2.24, 2.45) is 4.99 Å². The second-order valence-electron chi connectivity index (χ2n) is 6.66. The molecule has 1 aliphatic heterocycles. The van der Waals surface area contributed by atoms with Crippen LogP contribution >= 0.6 is 11.8 Å². The van der Waals surface area contributed by atoms with Crippen LogP contribution in [-0.4, -0.2) is 29.5 Å². The van der Waals surface area contributed by atoms with Gasteiger partial charge in [-0.3, -0.25) is 9.69 Å². The van der Waals surface area contributed by atoms with Crippen molar-refractivity contribution in [1.29, 1.82) is 0 Å². The van der Waals surface area contributed by atoms with Crippen LogP contribution < -0.4 is 14.4 Å². The summed E-state index contributed by atoms with van der Waals surface area (Å²) in [6.45, 7) is 8.57. The molecular formula is C23H26N2O3S. The maximum absolute atomic E-state index is 13.1. The number of amides is 1. The standard InChI is InChI=1S/C23H26N2O3S/c1-5-27-19-13-9-18(10-14-19)25-22(26)21(24-23(25)29-6-2)15-17-7-11-20(12-8-17)28-16(3)4/h7-16H,5-6H2,1-4H3/b21-15+. The highest BCUT2D eigenvalue weighted by atomic mass is 32.2. The van der Waals surface area contributed by atoms with Crippen molar-refractivity contribution >= 4 is 34.6 Å². The lowest BCUT2D eigenvalue weighted by Gasteiger charge is -2.17. The second-order valence-corrected chi connectivity index (χ2v) is 7.89. The molecule has 6 heteroatoms. The topological polar surface area (TPSA) is 51.1 Å². The van der Waals surface area contributed by atoms with Crippen LogP contribution in [0, 0.1) is 0 Å². The van der Waals surface area contributed by atoms with Crippen LogP contribution in [0.5, 0.6) is 11.5 Å². The zero-order chi connectivity index (χ0) is 20.8. The predicted octanol–water partition coefficient (Wildman–Crippen LogP) is 5.37. The molecule has 0 spiro atoms. The first-order valence-corrected chi connectivity index (χ1v) is 10.8. The molecule has 0 aliphatic carbocycles. The van der Waals surface area contributed by atoms with Crippen LogP contribution in [0.15, 0.2) is 59.2 Å². The summed E-state index contributed by atoms with van der Waals surface area (Å²) in [6.07, 6.45) is 1.93. The van der Waals surface area contributed by atoms with Gasteiger partial charge in [-0.15, -0.1) is 0 Å². The SMILES string of the molecule is CCOc1ccc(N2C(=O)/C(=C\c3ccc(OC(C)C)cc3)N=C2SCC)cc1. The number of rotatable bonds is 7.